The van der Waals surface area contributed by atoms with Crippen LogP contribution >= 0.6 is 11.8 Å². The minimum Gasteiger partial charge on any atom is -0.385 e. The van der Waals surface area contributed by atoms with Crippen LogP contribution in [0.3, 0.4) is 0 Å². The van der Waals surface area contributed by atoms with E-state index in [1.165, 1.54) is 11.8 Å². The Hall–Kier alpha value is -2.62. The molecular weight excluding hydrogens is 450 g/mol. The zero-order valence-electron chi connectivity index (χ0n) is 20.4. The van der Waals surface area contributed by atoms with Gasteiger partial charge in [-0.3, -0.25) is 9.36 Å². The van der Waals surface area contributed by atoms with E-state index < -0.39 is 0 Å². The van der Waals surface area contributed by atoms with Gasteiger partial charge in [-0.05, 0) is 44.9 Å². The van der Waals surface area contributed by atoms with Crippen molar-refractivity contribution in [2.75, 3.05) is 50.7 Å². The van der Waals surface area contributed by atoms with Gasteiger partial charge in [0.05, 0.1) is 24.7 Å². The number of morpholine rings is 1. The Labute approximate surface area is 205 Å². The summed E-state index contributed by atoms with van der Waals surface area (Å²) in [7, 11) is 1.71. The van der Waals surface area contributed by atoms with Gasteiger partial charge in [-0.15, -0.1) is 10.2 Å². The van der Waals surface area contributed by atoms with Gasteiger partial charge in [0.2, 0.25) is 5.95 Å². The number of aryl methyl sites for hydroxylation is 2. The van der Waals surface area contributed by atoms with Gasteiger partial charge in [0.25, 0.3) is 0 Å². The fourth-order valence-electron chi connectivity index (χ4n) is 4.35. The number of hydrogen-bond donors (Lipinski definition) is 0. The van der Waals surface area contributed by atoms with E-state index in [2.05, 4.69) is 43.3 Å². The molecule has 1 saturated heterocycles. The average molecular weight is 484 g/mol. The van der Waals surface area contributed by atoms with Gasteiger partial charge in [-0.1, -0.05) is 30.0 Å². The van der Waals surface area contributed by atoms with Crippen molar-refractivity contribution in [1.29, 1.82) is 0 Å². The van der Waals surface area contributed by atoms with Crippen molar-refractivity contribution in [3.05, 3.63) is 52.8 Å². The molecule has 2 aromatic heterocycles. The third-order valence-electron chi connectivity index (χ3n) is 6.20. The summed E-state index contributed by atoms with van der Waals surface area (Å²) in [5.74, 6) is 1.20. The standard InChI is InChI=1S/C25H33N5O3S/c1-18-8-5-6-9-22(18)30-24(28-11-14-33-15-12-28)26-27-25(30)34-17-23(31)21-16-19(2)29(20(21)3)10-7-13-32-4/h5-6,8-9,16H,7,10-15,17H2,1-4H3. The fraction of sp³-hybridized carbons (Fsp3) is 0.480. The zero-order valence-corrected chi connectivity index (χ0v) is 21.2. The van der Waals surface area contributed by atoms with Crippen LogP contribution in [-0.4, -0.2) is 70.9 Å². The molecule has 0 bridgehead atoms. The van der Waals surface area contributed by atoms with Crippen molar-refractivity contribution in [2.45, 2.75) is 38.9 Å². The first-order valence-corrected chi connectivity index (χ1v) is 12.7. The number of carbonyl (C=O) groups is 1. The Bertz CT molecular complexity index is 1130. The highest BCUT2D eigenvalue weighted by atomic mass is 32.2. The van der Waals surface area contributed by atoms with E-state index in [1.807, 2.05) is 32.0 Å². The second-order valence-corrected chi connectivity index (χ2v) is 9.44. The minimum atomic E-state index is 0.100. The molecule has 9 heteroatoms. The molecule has 3 aromatic rings. The molecule has 1 aliphatic rings. The predicted molar refractivity (Wildman–Crippen MR) is 135 cm³/mol. The van der Waals surface area contributed by atoms with Gasteiger partial charge >= 0.3 is 0 Å². The maximum absolute atomic E-state index is 13.2. The number of methoxy groups -OCH3 is 1. The van der Waals surface area contributed by atoms with Crippen LogP contribution in [0.1, 0.15) is 33.7 Å². The highest BCUT2D eigenvalue weighted by Crippen LogP contribution is 2.29. The number of nitrogens with zero attached hydrogens (tertiary/aromatic N) is 5. The molecule has 1 fully saturated rings. The average Bonchev–Trinajstić information content (AvgIpc) is 3.39. The van der Waals surface area contributed by atoms with Crippen molar-refractivity contribution < 1.29 is 14.3 Å². The number of anilines is 1. The number of aromatic nitrogens is 4. The number of ether oxygens (including phenoxy) is 2. The number of ketones is 1. The van der Waals surface area contributed by atoms with Gasteiger partial charge in [-0.2, -0.15) is 0 Å². The Morgan fingerprint density at radius 1 is 1.15 bits per heavy atom. The van der Waals surface area contributed by atoms with Gasteiger partial charge < -0.3 is 18.9 Å². The first-order chi connectivity index (χ1) is 16.5. The molecule has 0 amide bonds. The first-order valence-electron chi connectivity index (χ1n) is 11.7. The molecule has 1 aliphatic heterocycles. The van der Waals surface area contributed by atoms with Crippen LogP contribution in [0.25, 0.3) is 5.69 Å². The van der Waals surface area contributed by atoms with Gasteiger partial charge in [0, 0.05) is 50.3 Å². The summed E-state index contributed by atoms with van der Waals surface area (Å²) in [5.41, 5.74) is 5.04. The molecule has 0 N–H and O–H groups in total. The van der Waals surface area contributed by atoms with E-state index >= 15 is 0 Å². The maximum Gasteiger partial charge on any atom is 0.232 e. The van der Waals surface area contributed by atoms with Crippen LogP contribution in [0.5, 0.6) is 0 Å². The summed E-state index contributed by atoms with van der Waals surface area (Å²) in [6.07, 6.45) is 0.916. The lowest BCUT2D eigenvalue weighted by Gasteiger charge is -2.28. The Morgan fingerprint density at radius 3 is 2.65 bits per heavy atom. The lowest BCUT2D eigenvalue weighted by Crippen LogP contribution is -2.38. The summed E-state index contributed by atoms with van der Waals surface area (Å²) in [4.78, 5) is 15.4. The van der Waals surface area contributed by atoms with E-state index in [0.29, 0.717) is 25.6 Å². The van der Waals surface area contributed by atoms with Gasteiger partial charge in [-0.25, -0.2) is 0 Å². The predicted octanol–water partition coefficient (Wildman–Crippen LogP) is 3.84. The lowest BCUT2D eigenvalue weighted by molar-refractivity contribution is 0.102. The molecule has 3 heterocycles. The molecule has 34 heavy (non-hydrogen) atoms. The highest BCUT2D eigenvalue weighted by molar-refractivity contribution is 7.99. The van der Waals surface area contributed by atoms with Crippen molar-refractivity contribution in [3.8, 4) is 5.69 Å². The van der Waals surface area contributed by atoms with Crippen molar-refractivity contribution >= 4 is 23.5 Å². The Kier molecular flexibility index (Phi) is 8.07. The van der Waals surface area contributed by atoms with Crippen LogP contribution in [0.15, 0.2) is 35.5 Å². The van der Waals surface area contributed by atoms with Crippen molar-refractivity contribution in [1.82, 2.24) is 19.3 Å². The minimum absolute atomic E-state index is 0.100. The fourth-order valence-corrected chi connectivity index (χ4v) is 5.17. The molecular formula is C25H33N5O3S. The van der Waals surface area contributed by atoms with E-state index in [1.54, 1.807) is 7.11 Å². The molecule has 0 atom stereocenters. The molecule has 0 unspecified atom stereocenters. The number of hydrogen-bond acceptors (Lipinski definition) is 7. The highest BCUT2D eigenvalue weighted by Gasteiger charge is 2.24. The molecule has 4 rings (SSSR count). The molecule has 182 valence electrons. The Morgan fingerprint density at radius 2 is 1.91 bits per heavy atom. The molecule has 8 nitrogen and oxygen atoms in total. The number of rotatable bonds is 10. The van der Waals surface area contributed by atoms with Crippen LogP contribution in [0, 0.1) is 20.8 Å². The summed E-state index contributed by atoms with van der Waals surface area (Å²) >= 11 is 1.44. The molecule has 1 aromatic carbocycles. The quantitative estimate of drug-likeness (QED) is 0.246. The normalized spacial score (nSPS) is 14.1. The zero-order chi connectivity index (χ0) is 24.1. The van der Waals surface area contributed by atoms with Crippen molar-refractivity contribution in [3.63, 3.8) is 0 Å². The topological polar surface area (TPSA) is 74.4 Å². The first kappa shape index (κ1) is 24.5. The third kappa shape index (κ3) is 5.21. The van der Waals surface area contributed by atoms with Crippen LogP contribution in [-0.2, 0) is 16.0 Å². The number of benzene rings is 1. The molecule has 0 saturated carbocycles. The molecule has 0 aliphatic carbocycles. The van der Waals surface area contributed by atoms with E-state index in [-0.39, 0.29) is 5.78 Å². The number of para-hydroxylation sites is 1. The molecule has 0 spiro atoms. The number of carbonyl (C=O) groups excluding carboxylic acids is 1. The second-order valence-electron chi connectivity index (χ2n) is 8.50. The van der Waals surface area contributed by atoms with Crippen LogP contribution < -0.4 is 4.90 Å². The summed E-state index contributed by atoms with van der Waals surface area (Å²) < 4.78 is 15.0. The van der Waals surface area contributed by atoms with Crippen LogP contribution in [0.2, 0.25) is 0 Å². The second kappa shape index (κ2) is 11.2. The van der Waals surface area contributed by atoms with E-state index in [4.69, 9.17) is 9.47 Å². The third-order valence-corrected chi connectivity index (χ3v) is 7.13. The Balaban J connectivity index is 1.56. The largest absolute Gasteiger partial charge is 0.385 e. The summed E-state index contributed by atoms with van der Waals surface area (Å²) in [6.45, 7) is 10.6. The van der Waals surface area contributed by atoms with E-state index in [0.717, 1.165) is 65.4 Å². The monoisotopic (exact) mass is 483 g/mol. The van der Waals surface area contributed by atoms with Gasteiger partial charge in [0.15, 0.2) is 10.9 Å². The van der Waals surface area contributed by atoms with E-state index in [9.17, 15) is 4.79 Å². The number of Topliss-reactive ketones (excluding diaryl/α,β-unsaturated/α-hetero) is 1. The lowest BCUT2D eigenvalue weighted by atomic mass is 10.2. The molecule has 0 radical (unpaired) electrons. The van der Waals surface area contributed by atoms with Crippen LogP contribution in [0.4, 0.5) is 5.95 Å². The van der Waals surface area contributed by atoms with Gasteiger partial charge in [0.1, 0.15) is 0 Å². The maximum atomic E-state index is 13.2. The number of thioether (sulfide) groups is 1. The summed E-state index contributed by atoms with van der Waals surface area (Å²) in [5, 5.41) is 9.73. The SMILES string of the molecule is COCCCn1c(C)cc(C(=O)CSc2nnc(N3CCOCC3)n2-c2ccccc2C)c1C. The summed E-state index contributed by atoms with van der Waals surface area (Å²) in [6, 6.07) is 10.2. The van der Waals surface area contributed by atoms with Crippen molar-refractivity contribution in [2.24, 2.45) is 0 Å². The smallest absolute Gasteiger partial charge is 0.232 e.